The first-order valence-corrected chi connectivity index (χ1v) is 6.91. The number of hydrogen-bond donors (Lipinski definition) is 0. The van der Waals surface area contributed by atoms with E-state index in [1.54, 1.807) is 13.0 Å². The molecule has 2 aromatic rings. The molecule has 0 atom stereocenters. The first-order chi connectivity index (χ1) is 8.49. The van der Waals surface area contributed by atoms with Crippen molar-refractivity contribution in [3.05, 3.63) is 48.7 Å². The topological polar surface area (TPSA) is 52.0 Å². The Morgan fingerprint density at radius 3 is 2.78 bits per heavy atom. The zero-order valence-corrected chi connectivity index (χ0v) is 12.3. The van der Waals surface area contributed by atoms with E-state index < -0.39 is 0 Å². The average Bonchev–Trinajstić information content (AvgIpc) is 2.76. The van der Waals surface area contributed by atoms with Crippen molar-refractivity contribution in [2.24, 2.45) is 0 Å². The molecule has 0 aliphatic heterocycles. The smallest absolute Gasteiger partial charge is 0.268 e. The van der Waals surface area contributed by atoms with Crippen molar-refractivity contribution >= 4 is 33.0 Å². The van der Waals surface area contributed by atoms with Crippen LogP contribution in [0.3, 0.4) is 0 Å². The number of Topliss-reactive ketones (excluding diaryl/α,β-unsaturated/α-hetero) is 1. The highest BCUT2D eigenvalue weighted by atomic mass is 79.9. The summed E-state index contributed by atoms with van der Waals surface area (Å²) in [4.78, 5) is 29.7. The van der Waals surface area contributed by atoms with Crippen molar-refractivity contribution in [3.63, 3.8) is 0 Å². The summed E-state index contributed by atoms with van der Waals surface area (Å²) in [7, 11) is 0. The molecule has 0 spiro atoms. The van der Waals surface area contributed by atoms with Crippen LogP contribution in [0.5, 0.6) is 0 Å². The van der Waals surface area contributed by atoms with E-state index in [1.165, 1.54) is 22.1 Å². The SMILES string of the molecule is Cc1ccc(C(=O)Cn2c(C)ncc(Br)c2=O)s1. The lowest BCUT2D eigenvalue weighted by molar-refractivity contribution is 0.0973. The zero-order chi connectivity index (χ0) is 13.3. The molecule has 2 heterocycles. The molecule has 0 saturated heterocycles. The number of carbonyl (C=O) groups excluding carboxylic acids is 1. The van der Waals surface area contributed by atoms with Gasteiger partial charge >= 0.3 is 0 Å². The summed E-state index contributed by atoms with van der Waals surface area (Å²) in [5.74, 6) is 0.461. The standard InChI is InChI=1S/C12H11BrN2O2S/c1-7-3-4-11(18-7)10(16)6-15-8(2)14-5-9(13)12(15)17/h3-5H,6H2,1-2H3. The summed E-state index contributed by atoms with van der Waals surface area (Å²) in [6.07, 6.45) is 1.45. The van der Waals surface area contributed by atoms with Crippen molar-refractivity contribution in [2.75, 3.05) is 0 Å². The molecular formula is C12H11BrN2O2S. The maximum atomic E-state index is 12.1. The third kappa shape index (κ3) is 2.59. The second kappa shape index (κ2) is 5.16. The van der Waals surface area contributed by atoms with E-state index in [0.717, 1.165) is 4.88 Å². The number of halogens is 1. The number of nitrogens with zero attached hydrogens (tertiary/aromatic N) is 2. The van der Waals surface area contributed by atoms with Gasteiger partial charge in [-0.15, -0.1) is 11.3 Å². The van der Waals surface area contributed by atoms with E-state index in [0.29, 0.717) is 15.2 Å². The molecule has 0 N–H and O–H groups in total. The minimum absolute atomic E-state index is 0.0249. The van der Waals surface area contributed by atoms with Crippen LogP contribution < -0.4 is 5.56 Å². The van der Waals surface area contributed by atoms with Crippen LogP contribution >= 0.6 is 27.3 Å². The normalized spacial score (nSPS) is 10.6. The predicted molar refractivity (Wildman–Crippen MR) is 74.3 cm³/mol. The number of rotatable bonds is 3. The van der Waals surface area contributed by atoms with E-state index in [1.807, 2.05) is 13.0 Å². The van der Waals surface area contributed by atoms with Gasteiger partial charge in [0, 0.05) is 11.1 Å². The zero-order valence-electron chi connectivity index (χ0n) is 9.94. The Balaban J connectivity index is 2.33. The number of carbonyl (C=O) groups is 1. The molecule has 2 rings (SSSR count). The van der Waals surface area contributed by atoms with Crippen LogP contribution in [0, 0.1) is 13.8 Å². The molecule has 0 saturated carbocycles. The lowest BCUT2D eigenvalue weighted by Gasteiger charge is -2.07. The number of aryl methyl sites for hydroxylation is 2. The van der Waals surface area contributed by atoms with Crippen LogP contribution in [0.25, 0.3) is 0 Å². The third-order valence-electron chi connectivity index (χ3n) is 2.52. The van der Waals surface area contributed by atoms with Crippen molar-refractivity contribution < 1.29 is 4.79 Å². The number of ketones is 1. The Kier molecular flexibility index (Phi) is 3.77. The quantitative estimate of drug-likeness (QED) is 0.814. The van der Waals surface area contributed by atoms with Crippen LogP contribution in [-0.4, -0.2) is 15.3 Å². The van der Waals surface area contributed by atoms with Gasteiger partial charge in [0.15, 0.2) is 5.78 Å². The summed E-state index contributed by atoms with van der Waals surface area (Å²) < 4.78 is 1.74. The Labute approximate surface area is 116 Å². The fourth-order valence-corrected chi connectivity index (χ4v) is 2.66. The van der Waals surface area contributed by atoms with Gasteiger partial charge in [0.25, 0.3) is 5.56 Å². The molecule has 4 nitrogen and oxygen atoms in total. The highest BCUT2D eigenvalue weighted by molar-refractivity contribution is 9.10. The first-order valence-electron chi connectivity index (χ1n) is 5.30. The van der Waals surface area contributed by atoms with Gasteiger partial charge in [-0.05, 0) is 41.9 Å². The molecule has 0 aliphatic rings. The molecule has 0 aromatic carbocycles. The molecule has 18 heavy (non-hydrogen) atoms. The van der Waals surface area contributed by atoms with Crippen LogP contribution in [-0.2, 0) is 6.54 Å². The van der Waals surface area contributed by atoms with Gasteiger partial charge in [-0.3, -0.25) is 14.2 Å². The van der Waals surface area contributed by atoms with Gasteiger partial charge in [-0.1, -0.05) is 0 Å². The minimum Gasteiger partial charge on any atom is -0.291 e. The maximum Gasteiger partial charge on any atom is 0.268 e. The van der Waals surface area contributed by atoms with E-state index >= 15 is 0 Å². The molecule has 2 aromatic heterocycles. The third-order valence-corrected chi connectivity index (χ3v) is 4.11. The first kappa shape index (κ1) is 13.2. The second-order valence-corrected chi connectivity index (χ2v) is 6.02. The summed E-state index contributed by atoms with van der Waals surface area (Å²) in [6.45, 7) is 3.68. The van der Waals surface area contributed by atoms with Crippen molar-refractivity contribution in [1.29, 1.82) is 0 Å². The van der Waals surface area contributed by atoms with Crippen molar-refractivity contribution in [2.45, 2.75) is 20.4 Å². The Hall–Kier alpha value is -1.27. The summed E-state index contributed by atoms with van der Waals surface area (Å²) >= 11 is 4.56. The number of aromatic nitrogens is 2. The van der Waals surface area contributed by atoms with E-state index in [9.17, 15) is 9.59 Å². The molecule has 0 fully saturated rings. The lowest BCUT2D eigenvalue weighted by Crippen LogP contribution is -2.27. The Morgan fingerprint density at radius 1 is 1.44 bits per heavy atom. The average molecular weight is 327 g/mol. The fraction of sp³-hybridized carbons (Fsp3) is 0.250. The monoisotopic (exact) mass is 326 g/mol. The molecule has 0 radical (unpaired) electrons. The molecule has 0 amide bonds. The Morgan fingerprint density at radius 2 is 2.17 bits per heavy atom. The van der Waals surface area contributed by atoms with Crippen molar-refractivity contribution in [1.82, 2.24) is 9.55 Å². The summed E-state index contributed by atoms with van der Waals surface area (Å²) in [5, 5.41) is 0. The van der Waals surface area contributed by atoms with Gasteiger partial charge in [-0.2, -0.15) is 0 Å². The van der Waals surface area contributed by atoms with Gasteiger partial charge < -0.3 is 0 Å². The van der Waals surface area contributed by atoms with Gasteiger partial charge in [0.1, 0.15) is 10.3 Å². The van der Waals surface area contributed by atoms with Crippen LogP contribution in [0.4, 0.5) is 0 Å². The van der Waals surface area contributed by atoms with Crippen LogP contribution in [0.2, 0.25) is 0 Å². The van der Waals surface area contributed by atoms with Crippen molar-refractivity contribution in [3.8, 4) is 0 Å². The highest BCUT2D eigenvalue weighted by Crippen LogP contribution is 2.16. The fourth-order valence-electron chi connectivity index (χ4n) is 1.54. The number of thiophene rings is 1. The summed E-state index contributed by atoms with van der Waals surface area (Å²) in [6, 6.07) is 3.68. The van der Waals surface area contributed by atoms with E-state index in [-0.39, 0.29) is 17.9 Å². The van der Waals surface area contributed by atoms with Crippen LogP contribution in [0.1, 0.15) is 20.4 Å². The highest BCUT2D eigenvalue weighted by Gasteiger charge is 2.13. The molecule has 94 valence electrons. The van der Waals surface area contributed by atoms with Gasteiger partial charge in [0.2, 0.25) is 0 Å². The largest absolute Gasteiger partial charge is 0.291 e. The molecular weight excluding hydrogens is 316 g/mol. The van der Waals surface area contributed by atoms with Gasteiger partial charge in [-0.25, -0.2) is 4.98 Å². The predicted octanol–water partition coefficient (Wildman–Crippen LogP) is 2.57. The molecule has 6 heteroatoms. The minimum atomic E-state index is -0.232. The second-order valence-electron chi connectivity index (χ2n) is 3.88. The van der Waals surface area contributed by atoms with Gasteiger partial charge in [0.05, 0.1) is 11.4 Å². The number of hydrogen-bond acceptors (Lipinski definition) is 4. The summed E-state index contributed by atoms with van der Waals surface area (Å²) in [5.41, 5.74) is -0.232. The Bertz CT molecular complexity index is 660. The maximum absolute atomic E-state index is 12.1. The van der Waals surface area contributed by atoms with Crippen LogP contribution in [0.15, 0.2) is 27.6 Å². The molecule has 0 aliphatic carbocycles. The molecule has 0 bridgehead atoms. The lowest BCUT2D eigenvalue weighted by atomic mass is 10.3. The van der Waals surface area contributed by atoms with E-state index in [2.05, 4.69) is 20.9 Å². The van der Waals surface area contributed by atoms with E-state index in [4.69, 9.17) is 0 Å². The molecule has 0 unspecified atom stereocenters.